The number of aromatic nitrogens is 1. The van der Waals surface area contributed by atoms with Crippen molar-refractivity contribution in [2.75, 3.05) is 17.3 Å². The Morgan fingerprint density at radius 3 is 2.62 bits per heavy atom. The van der Waals surface area contributed by atoms with E-state index in [-0.39, 0.29) is 0 Å². The Balaban J connectivity index is 1.84. The van der Waals surface area contributed by atoms with Crippen molar-refractivity contribution in [3.05, 3.63) is 18.3 Å². The molecule has 0 spiro atoms. The molecule has 0 aromatic carbocycles. The van der Waals surface area contributed by atoms with Crippen molar-refractivity contribution < 1.29 is 0 Å². The monoisotopic (exact) mass is 237 g/mol. The molecular weight excluding hydrogens is 218 g/mol. The van der Waals surface area contributed by atoms with Gasteiger partial charge >= 0.3 is 0 Å². The number of rotatable bonds is 3. The van der Waals surface area contributed by atoms with E-state index in [1.165, 1.54) is 25.7 Å². The third kappa shape index (κ3) is 3.04. The highest BCUT2D eigenvalue weighted by Crippen LogP contribution is 2.28. The number of nitrogen functional groups attached to an aromatic ring is 1. The van der Waals surface area contributed by atoms with Crippen molar-refractivity contribution in [3.8, 4) is 0 Å². The highest BCUT2D eigenvalue weighted by Gasteiger charge is 2.19. The van der Waals surface area contributed by atoms with Gasteiger partial charge < -0.3 is 11.1 Å². The van der Waals surface area contributed by atoms with Crippen LogP contribution >= 0.6 is 11.8 Å². The summed E-state index contributed by atoms with van der Waals surface area (Å²) in [5, 5.41) is 4.39. The van der Waals surface area contributed by atoms with E-state index in [2.05, 4.69) is 16.6 Å². The summed E-state index contributed by atoms with van der Waals surface area (Å²) in [6, 6.07) is 4.45. The Morgan fingerprint density at radius 2 is 2.06 bits per heavy atom. The van der Waals surface area contributed by atoms with Gasteiger partial charge in [0.05, 0.1) is 11.9 Å². The standard InChI is InChI=1S/C12H19N3S/c1-16-11-5-2-9(3-6-11)15-10-4-7-12(13)14-8-10/h4,7-9,11,15H,2-3,5-6H2,1H3,(H2,13,14). The predicted molar refractivity (Wildman–Crippen MR) is 71.8 cm³/mol. The van der Waals surface area contributed by atoms with E-state index in [4.69, 9.17) is 5.73 Å². The van der Waals surface area contributed by atoms with Crippen molar-refractivity contribution in [2.24, 2.45) is 0 Å². The van der Waals surface area contributed by atoms with E-state index < -0.39 is 0 Å². The summed E-state index contributed by atoms with van der Waals surface area (Å²) >= 11 is 2.00. The van der Waals surface area contributed by atoms with Gasteiger partial charge in [0.1, 0.15) is 5.82 Å². The molecule has 16 heavy (non-hydrogen) atoms. The molecule has 0 amide bonds. The fourth-order valence-corrected chi connectivity index (χ4v) is 2.91. The van der Waals surface area contributed by atoms with Crippen molar-refractivity contribution in [1.29, 1.82) is 0 Å². The zero-order valence-electron chi connectivity index (χ0n) is 9.65. The molecule has 1 aromatic heterocycles. The van der Waals surface area contributed by atoms with Gasteiger partial charge in [-0.25, -0.2) is 4.98 Å². The fraction of sp³-hybridized carbons (Fsp3) is 0.583. The lowest BCUT2D eigenvalue weighted by Gasteiger charge is -2.28. The molecule has 3 nitrogen and oxygen atoms in total. The Morgan fingerprint density at radius 1 is 1.31 bits per heavy atom. The summed E-state index contributed by atoms with van der Waals surface area (Å²) in [5.74, 6) is 0.580. The third-order valence-electron chi connectivity index (χ3n) is 3.16. The molecule has 2 rings (SSSR count). The van der Waals surface area contributed by atoms with Crippen LogP contribution in [0.1, 0.15) is 25.7 Å². The second-order valence-electron chi connectivity index (χ2n) is 4.33. The third-order valence-corrected chi connectivity index (χ3v) is 4.30. The molecule has 1 aliphatic rings. The maximum absolute atomic E-state index is 5.55. The van der Waals surface area contributed by atoms with Crippen LogP contribution < -0.4 is 11.1 Å². The van der Waals surface area contributed by atoms with Gasteiger partial charge in [-0.1, -0.05) is 0 Å². The maximum atomic E-state index is 5.55. The van der Waals surface area contributed by atoms with Crippen LogP contribution in [0.15, 0.2) is 18.3 Å². The molecule has 0 bridgehead atoms. The molecule has 0 aliphatic heterocycles. The molecule has 1 heterocycles. The van der Waals surface area contributed by atoms with Crippen LogP contribution in [0.5, 0.6) is 0 Å². The average molecular weight is 237 g/mol. The summed E-state index contributed by atoms with van der Waals surface area (Å²) in [5.41, 5.74) is 6.64. The Hall–Kier alpha value is -0.900. The predicted octanol–water partition coefficient (Wildman–Crippen LogP) is 2.75. The molecule has 1 fully saturated rings. The van der Waals surface area contributed by atoms with Crippen molar-refractivity contribution in [3.63, 3.8) is 0 Å². The zero-order valence-corrected chi connectivity index (χ0v) is 10.5. The van der Waals surface area contributed by atoms with Gasteiger partial charge in [-0.15, -0.1) is 0 Å². The van der Waals surface area contributed by atoms with Crippen LogP contribution in [0.3, 0.4) is 0 Å². The number of pyridine rings is 1. The van der Waals surface area contributed by atoms with Gasteiger partial charge in [-0.05, 0) is 44.1 Å². The van der Waals surface area contributed by atoms with Gasteiger partial charge in [0.2, 0.25) is 0 Å². The van der Waals surface area contributed by atoms with Crippen LogP contribution in [0.4, 0.5) is 11.5 Å². The molecule has 0 atom stereocenters. The lowest BCUT2D eigenvalue weighted by atomic mass is 9.95. The summed E-state index contributed by atoms with van der Waals surface area (Å²) in [7, 11) is 0. The van der Waals surface area contributed by atoms with E-state index >= 15 is 0 Å². The smallest absolute Gasteiger partial charge is 0.123 e. The highest BCUT2D eigenvalue weighted by molar-refractivity contribution is 7.99. The topological polar surface area (TPSA) is 50.9 Å². The SMILES string of the molecule is CSC1CCC(Nc2ccc(N)nc2)CC1. The van der Waals surface area contributed by atoms with Crippen LogP contribution in [0, 0.1) is 0 Å². The van der Waals surface area contributed by atoms with Gasteiger partial charge in [-0.3, -0.25) is 0 Å². The first-order valence-electron chi connectivity index (χ1n) is 5.79. The molecule has 4 heteroatoms. The second-order valence-corrected chi connectivity index (χ2v) is 5.46. The first-order chi connectivity index (χ1) is 7.78. The Bertz CT molecular complexity index is 318. The first kappa shape index (κ1) is 11.6. The normalized spacial score (nSPS) is 25.3. The number of nitrogens with zero attached hydrogens (tertiary/aromatic N) is 1. The van der Waals surface area contributed by atoms with Crippen LogP contribution in [-0.4, -0.2) is 22.5 Å². The minimum absolute atomic E-state index is 0.580. The second kappa shape index (κ2) is 5.43. The summed E-state index contributed by atoms with van der Waals surface area (Å²) in [6.45, 7) is 0. The van der Waals surface area contributed by atoms with E-state index in [0.717, 1.165) is 10.9 Å². The quantitative estimate of drug-likeness (QED) is 0.848. The molecule has 1 aliphatic carbocycles. The van der Waals surface area contributed by atoms with Crippen LogP contribution in [0.2, 0.25) is 0 Å². The number of hydrogen-bond donors (Lipinski definition) is 2. The molecule has 1 saturated carbocycles. The summed E-state index contributed by atoms with van der Waals surface area (Å²) < 4.78 is 0. The van der Waals surface area contributed by atoms with E-state index in [1.54, 1.807) is 0 Å². The molecule has 0 radical (unpaired) electrons. The molecule has 0 unspecified atom stereocenters. The molecule has 0 saturated heterocycles. The number of thioether (sulfide) groups is 1. The molecule has 1 aromatic rings. The minimum Gasteiger partial charge on any atom is -0.384 e. The van der Waals surface area contributed by atoms with E-state index in [1.807, 2.05) is 30.1 Å². The van der Waals surface area contributed by atoms with Gasteiger partial charge in [0.25, 0.3) is 0 Å². The maximum Gasteiger partial charge on any atom is 0.123 e. The van der Waals surface area contributed by atoms with E-state index in [0.29, 0.717) is 11.9 Å². The van der Waals surface area contributed by atoms with Gasteiger partial charge in [-0.2, -0.15) is 11.8 Å². The lowest BCUT2D eigenvalue weighted by Crippen LogP contribution is -2.27. The summed E-state index contributed by atoms with van der Waals surface area (Å²) in [4.78, 5) is 4.09. The van der Waals surface area contributed by atoms with Gasteiger partial charge in [0, 0.05) is 11.3 Å². The van der Waals surface area contributed by atoms with Gasteiger partial charge in [0.15, 0.2) is 0 Å². The Labute approximate surface area is 101 Å². The number of nitrogens with two attached hydrogens (primary N) is 1. The number of hydrogen-bond acceptors (Lipinski definition) is 4. The fourth-order valence-electron chi connectivity index (χ4n) is 2.17. The number of anilines is 2. The van der Waals surface area contributed by atoms with Crippen LogP contribution in [0.25, 0.3) is 0 Å². The summed E-state index contributed by atoms with van der Waals surface area (Å²) in [6.07, 6.45) is 9.19. The lowest BCUT2D eigenvalue weighted by molar-refractivity contribution is 0.473. The average Bonchev–Trinajstić information content (AvgIpc) is 2.33. The molecule has 88 valence electrons. The Kier molecular flexibility index (Phi) is 3.93. The minimum atomic E-state index is 0.580. The number of nitrogens with one attached hydrogen (secondary N) is 1. The molecule has 3 N–H and O–H groups in total. The van der Waals surface area contributed by atoms with E-state index in [9.17, 15) is 0 Å². The van der Waals surface area contributed by atoms with Crippen molar-refractivity contribution in [1.82, 2.24) is 4.98 Å². The first-order valence-corrected chi connectivity index (χ1v) is 7.07. The van der Waals surface area contributed by atoms with Crippen LogP contribution in [-0.2, 0) is 0 Å². The largest absolute Gasteiger partial charge is 0.384 e. The zero-order chi connectivity index (χ0) is 11.4. The van der Waals surface area contributed by atoms with Crippen molar-refractivity contribution >= 4 is 23.3 Å². The van der Waals surface area contributed by atoms with Crippen molar-refractivity contribution in [2.45, 2.75) is 37.0 Å². The molecular formula is C12H19N3S. The highest BCUT2D eigenvalue weighted by atomic mass is 32.2.